The molecular weight excluding hydrogens is 321 g/mol. The van der Waals surface area contributed by atoms with Crippen LogP contribution in [-0.2, 0) is 4.79 Å². The Labute approximate surface area is 132 Å². The lowest BCUT2D eigenvalue weighted by molar-refractivity contribution is -0.124. The highest BCUT2D eigenvalue weighted by Gasteiger charge is 2.39. The van der Waals surface area contributed by atoms with Crippen molar-refractivity contribution >= 4 is 24.0 Å². The van der Waals surface area contributed by atoms with Gasteiger partial charge in [-0.25, -0.2) is 4.39 Å². The molecule has 124 valence electrons. The minimum Gasteiger partial charge on any atom is -0.432 e. The van der Waals surface area contributed by atoms with Gasteiger partial charge in [-0.2, -0.15) is 8.78 Å². The third kappa shape index (κ3) is 4.04. The summed E-state index contributed by atoms with van der Waals surface area (Å²) in [4.78, 5) is 12.3. The number of carbonyl (C=O) groups excluding carboxylic acids is 1. The van der Waals surface area contributed by atoms with Crippen molar-refractivity contribution in [1.29, 1.82) is 0 Å². The number of alkyl halides is 2. The van der Waals surface area contributed by atoms with Crippen molar-refractivity contribution in [3.63, 3.8) is 0 Å². The van der Waals surface area contributed by atoms with E-state index in [1.165, 1.54) is 6.07 Å². The third-order valence-corrected chi connectivity index (χ3v) is 3.84. The van der Waals surface area contributed by atoms with Crippen LogP contribution in [0.4, 0.5) is 18.9 Å². The monoisotopic (exact) mass is 338 g/mol. The average Bonchev–Trinajstić information content (AvgIpc) is 2.91. The maximum atomic E-state index is 13.6. The molecule has 1 aromatic rings. The van der Waals surface area contributed by atoms with Crippen LogP contribution in [0.15, 0.2) is 18.2 Å². The van der Waals surface area contributed by atoms with E-state index in [-0.39, 0.29) is 30.5 Å². The molecule has 8 heteroatoms. The highest BCUT2D eigenvalue weighted by atomic mass is 35.5. The zero-order chi connectivity index (χ0) is 15.5. The van der Waals surface area contributed by atoms with Gasteiger partial charge in [-0.1, -0.05) is 12.8 Å². The molecule has 3 N–H and O–H groups in total. The number of halogens is 4. The Balaban J connectivity index is 0.00000242. The molecule has 0 spiro atoms. The molecule has 0 heterocycles. The van der Waals surface area contributed by atoms with Crippen LogP contribution in [0.5, 0.6) is 5.75 Å². The summed E-state index contributed by atoms with van der Waals surface area (Å²) in [6.07, 6.45) is 3.26. The number of hydrogen-bond acceptors (Lipinski definition) is 3. The molecule has 0 radical (unpaired) electrons. The first kappa shape index (κ1) is 18.6. The van der Waals surface area contributed by atoms with E-state index in [2.05, 4.69) is 10.1 Å². The summed E-state index contributed by atoms with van der Waals surface area (Å²) < 4.78 is 41.7. The first-order chi connectivity index (χ1) is 9.97. The van der Waals surface area contributed by atoms with Gasteiger partial charge in [0, 0.05) is 18.3 Å². The second kappa shape index (κ2) is 7.69. The minimum absolute atomic E-state index is 0. The van der Waals surface area contributed by atoms with Crippen LogP contribution in [-0.4, -0.2) is 19.1 Å². The van der Waals surface area contributed by atoms with Gasteiger partial charge in [0.25, 0.3) is 0 Å². The lowest BCUT2D eigenvalue weighted by Gasteiger charge is -2.25. The van der Waals surface area contributed by atoms with Crippen molar-refractivity contribution in [2.24, 2.45) is 11.1 Å². The van der Waals surface area contributed by atoms with Crippen molar-refractivity contribution in [3.05, 3.63) is 24.0 Å². The zero-order valence-corrected chi connectivity index (χ0v) is 12.6. The number of nitrogens with two attached hydrogens (primary N) is 1. The molecule has 22 heavy (non-hydrogen) atoms. The molecule has 0 unspecified atom stereocenters. The Kier molecular flexibility index (Phi) is 6.49. The normalized spacial score (nSPS) is 16.2. The first-order valence-corrected chi connectivity index (χ1v) is 6.73. The predicted molar refractivity (Wildman–Crippen MR) is 78.9 cm³/mol. The summed E-state index contributed by atoms with van der Waals surface area (Å²) in [6, 6.07) is 3.33. The van der Waals surface area contributed by atoms with Crippen LogP contribution >= 0.6 is 12.4 Å². The number of amides is 1. The Morgan fingerprint density at radius 3 is 2.50 bits per heavy atom. The molecule has 1 aliphatic carbocycles. The van der Waals surface area contributed by atoms with Gasteiger partial charge in [-0.3, -0.25) is 4.79 Å². The molecule has 1 amide bonds. The fraction of sp³-hybridized carbons (Fsp3) is 0.500. The van der Waals surface area contributed by atoms with E-state index in [1.807, 2.05) is 0 Å². The lowest BCUT2D eigenvalue weighted by atomic mass is 9.85. The van der Waals surface area contributed by atoms with Crippen LogP contribution in [0.25, 0.3) is 0 Å². The molecule has 0 atom stereocenters. The van der Waals surface area contributed by atoms with E-state index in [9.17, 15) is 18.0 Å². The predicted octanol–water partition coefficient (Wildman–Crippen LogP) is 3.31. The molecule has 0 aliphatic heterocycles. The molecule has 1 aliphatic rings. The van der Waals surface area contributed by atoms with Crippen molar-refractivity contribution in [2.45, 2.75) is 32.3 Å². The fourth-order valence-corrected chi connectivity index (χ4v) is 2.61. The second-order valence-corrected chi connectivity index (χ2v) is 5.17. The third-order valence-electron chi connectivity index (χ3n) is 3.84. The Bertz CT molecular complexity index is 523. The maximum Gasteiger partial charge on any atom is 0.387 e. The highest BCUT2D eigenvalue weighted by Crippen LogP contribution is 2.38. The topological polar surface area (TPSA) is 64.4 Å². The van der Waals surface area contributed by atoms with E-state index >= 15 is 0 Å². The van der Waals surface area contributed by atoms with Gasteiger partial charge in [-0.05, 0) is 25.0 Å². The number of rotatable bonds is 5. The summed E-state index contributed by atoms with van der Waals surface area (Å²) in [5.74, 6) is -1.77. The SMILES string of the molecule is Cl.NCC1(C(=O)Nc2ccc(OC(F)F)c(F)c2)CCCC1. The maximum absolute atomic E-state index is 13.6. The Morgan fingerprint density at radius 1 is 1.36 bits per heavy atom. The standard InChI is InChI=1S/C14H17F3N2O2.ClH/c15-10-7-9(3-4-11(10)21-13(16)17)19-12(20)14(8-18)5-1-2-6-14;/h3-4,7,13H,1-2,5-6,8,18H2,(H,19,20);1H. The molecule has 1 fully saturated rings. The van der Waals surface area contributed by atoms with E-state index in [1.54, 1.807) is 0 Å². The van der Waals surface area contributed by atoms with Gasteiger partial charge in [0.05, 0.1) is 5.41 Å². The number of ether oxygens (including phenoxy) is 1. The van der Waals surface area contributed by atoms with Crippen molar-refractivity contribution < 1.29 is 22.7 Å². The summed E-state index contributed by atoms with van der Waals surface area (Å²) in [5, 5.41) is 2.59. The quantitative estimate of drug-likeness (QED) is 0.865. The minimum atomic E-state index is -3.10. The molecule has 4 nitrogen and oxygen atoms in total. The van der Waals surface area contributed by atoms with Crippen molar-refractivity contribution in [1.82, 2.24) is 0 Å². The molecule has 1 saturated carbocycles. The fourth-order valence-electron chi connectivity index (χ4n) is 2.61. The van der Waals surface area contributed by atoms with Crippen LogP contribution in [0.1, 0.15) is 25.7 Å². The van der Waals surface area contributed by atoms with E-state index in [0.717, 1.165) is 25.0 Å². The Morgan fingerprint density at radius 2 is 2.00 bits per heavy atom. The molecule has 1 aromatic carbocycles. The number of nitrogens with one attached hydrogen (secondary N) is 1. The number of anilines is 1. The van der Waals surface area contributed by atoms with E-state index < -0.39 is 23.6 Å². The van der Waals surface area contributed by atoms with Gasteiger partial charge in [0.15, 0.2) is 11.6 Å². The van der Waals surface area contributed by atoms with Gasteiger partial charge >= 0.3 is 6.61 Å². The van der Waals surface area contributed by atoms with Gasteiger partial charge in [-0.15, -0.1) is 12.4 Å². The first-order valence-electron chi connectivity index (χ1n) is 6.73. The number of benzene rings is 1. The van der Waals surface area contributed by atoms with Crippen LogP contribution in [0, 0.1) is 11.2 Å². The van der Waals surface area contributed by atoms with E-state index in [0.29, 0.717) is 12.8 Å². The molecule has 2 rings (SSSR count). The molecule has 0 bridgehead atoms. The van der Waals surface area contributed by atoms with Crippen LogP contribution in [0.2, 0.25) is 0 Å². The van der Waals surface area contributed by atoms with E-state index in [4.69, 9.17) is 5.73 Å². The lowest BCUT2D eigenvalue weighted by Crippen LogP contribution is -2.40. The Hall–Kier alpha value is -1.47. The summed E-state index contributed by atoms with van der Waals surface area (Å²) in [6.45, 7) is -2.87. The molecular formula is C14H18ClF3N2O2. The van der Waals surface area contributed by atoms with Crippen LogP contribution < -0.4 is 15.8 Å². The van der Waals surface area contributed by atoms with Gasteiger partial charge in [0.2, 0.25) is 5.91 Å². The van der Waals surface area contributed by atoms with Gasteiger partial charge < -0.3 is 15.8 Å². The number of hydrogen-bond donors (Lipinski definition) is 2. The van der Waals surface area contributed by atoms with Crippen molar-refractivity contribution in [2.75, 3.05) is 11.9 Å². The summed E-state index contributed by atoms with van der Waals surface area (Å²) in [5.41, 5.74) is 5.27. The molecule has 0 aromatic heterocycles. The summed E-state index contributed by atoms with van der Waals surface area (Å²) in [7, 11) is 0. The summed E-state index contributed by atoms with van der Waals surface area (Å²) >= 11 is 0. The largest absolute Gasteiger partial charge is 0.432 e. The van der Waals surface area contributed by atoms with Crippen LogP contribution in [0.3, 0.4) is 0 Å². The smallest absolute Gasteiger partial charge is 0.387 e. The highest BCUT2D eigenvalue weighted by molar-refractivity contribution is 5.95. The second-order valence-electron chi connectivity index (χ2n) is 5.17. The number of carbonyl (C=O) groups is 1. The zero-order valence-electron chi connectivity index (χ0n) is 11.8. The molecule has 0 saturated heterocycles. The van der Waals surface area contributed by atoms with Gasteiger partial charge in [0.1, 0.15) is 0 Å². The average molecular weight is 339 g/mol. The van der Waals surface area contributed by atoms with Crippen molar-refractivity contribution in [3.8, 4) is 5.75 Å².